The third kappa shape index (κ3) is 4.69. The second-order valence-corrected chi connectivity index (χ2v) is 7.01. The van der Waals surface area contributed by atoms with E-state index >= 15 is 0 Å². The lowest BCUT2D eigenvalue weighted by Gasteiger charge is -2.29. The van der Waals surface area contributed by atoms with Gasteiger partial charge < -0.3 is 5.11 Å². The van der Waals surface area contributed by atoms with E-state index in [-0.39, 0.29) is 11.2 Å². The van der Waals surface area contributed by atoms with Crippen molar-refractivity contribution in [1.29, 1.82) is 0 Å². The molecule has 0 aromatic heterocycles. The molecular weight excluding hydrogens is 295 g/mol. The summed E-state index contributed by atoms with van der Waals surface area (Å²) in [6, 6.07) is 4.97. The molecular formula is C15H22BrFO. The molecule has 0 saturated carbocycles. The molecule has 0 amide bonds. The minimum absolute atomic E-state index is 0.166. The fraction of sp³-hybridized carbons (Fsp3) is 0.600. The first-order valence-electron chi connectivity index (χ1n) is 6.32. The lowest BCUT2D eigenvalue weighted by atomic mass is 9.78. The van der Waals surface area contributed by atoms with Crippen LogP contribution >= 0.6 is 15.9 Å². The molecule has 0 spiro atoms. The molecule has 0 aliphatic rings. The number of hydrogen-bond donors (Lipinski definition) is 1. The Kier molecular flexibility index (Phi) is 5.35. The van der Waals surface area contributed by atoms with Gasteiger partial charge in [-0.15, -0.1) is 0 Å². The maximum atomic E-state index is 13.6. The van der Waals surface area contributed by atoms with E-state index < -0.39 is 6.10 Å². The van der Waals surface area contributed by atoms with Crippen molar-refractivity contribution in [2.24, 2.45) is 11.3 Å². The molecule has 18 heavy (non-hydrogen) atoms. The topological polar surface area (TPSA) is 20.2 Å². The molecule has 0 saturated heterocycles. The van der Waals surface area contributed by atoms with Gasteiger partial charge in [-0.2, -0.15) is 0 Å². The van der Waals surface area contributed by atoms with Crippen molar-refractivity contribution >= 4 is 15.9 Å². The van der Waals surface area contributed by atoms with E-state index in [1.165, 1.54) is 6.07 Å². The second-order valence-electron chi connectivity index (χ2n) is 6.10. The van der Waals surface area contributed by atoms with Crippen LogP contribution in [0.3, 0.4) is 0 Å². The van der Waals surface area contributed by atoms with E-state index in [0.717, 1.165) is 4.47 Å². The first-order valence-corrected chi connectivity index (χ1v) is 7.11. The quantitative estimate of drug-likeness (QED) is 0.863. The van der Waals surface area contributed by atoms with E-state index in [4.69, 9.17) is 0 Å². The molecule has 0 fully saturated rings. The van der Waals surface area contributed by atoms with Gasteiger partial charge in [0.2, 0.25) is 0 Å². The molecule has 2 atom stereocenters. The highest BCUT2D eigenvalue weighted by atomic mass is 79.9. The van der Waals surface area contributed by atoms with Gasteiger partial charge in [0, 0.05) is 10.9 Å². The van der Waals surface area contributed by atoms with Crippen LogP contribution in [0.5, 0.6) is 0 Å². The molecule has 0 bridgehead atoms. The van der Waals surface area contributed by atoms with Crippen molar-refractivity contribution < 1.29 is 9.50 Å². The van der Waals surface area contributed by atoms with Crippen LogP contribution in [0.1, 0.15) is 39.7 Å². The molecule has 102 valence electrons. The summed E-state index contributed by atoms with van der Waals surface area (Å²) in [7, 11) is 0. The van der Waals surface area contributed by atoms with Crippen molar-refractivity contribution in [2.45, 2.75) is 46.6 Å². The highest BCUT2D eigenvalue weighted by molar-refractivity contribution is 9.10. The largest absolute Gasteiger partial charge is 0.393 e. The van der Waals surface area contributed by atoms with E-state index in [9.17, 15) is 9.50 Å². The standard InChI is InChI=1S/C15H22BrFO/c1-10(15(2,3)4)7-13(18)8-11-5-6-12(16)9-14(11)17/h5-6,9-10,13,18H,7-8H2,1-4H3. The Hall–Kier alpha value is -0.410. The van der Waals surface area contributed by atoms with Crippen molar-refractivity contribution in [2.75, 3.05) is 0 Å². The normalized spacial score (nSPS) is 15.5. The predicted octanol–water partition coefficient (Wildman–Crippen LogP) is 4.56. The summed E-state index contributed by atoms with van der Waals surface area (Å²) in [6.45, 7) is 8.60. The minimum atomic E-state index is -0.491. The second kappa shape index (κ2) is 6.16. The van der Waals surface area contributed by atoms with Gasteiger partial charge in [0.1, 0.15) is 5.82 Å². The molecule has 1 nitrogen and oxygen atoms in total. The molecule has 3 heteroatoms. The Balaban J connectivity index is 2.62. The molecule has 0 heterocycles. The Labute approximate surface area is 118 Å². The number of benzene rings is 1. The summed E-state index contributed by atoms with van der Waals surface area (Å²) < 4.78 is 14.4. The number of hydrogen-bond acceptors (Lipinski definition) is 1. The lowest BCUT2D eigenvalue weighted by Crippen LogP contribution is -2.24. The maximum absolute atomic E-state index is 13.6. The average Bonchev–Trinajstić information content (AvgIpc) is 2.20. The van der Waals surface area contributed by atoms with Gasteiger partial charge >= 0.3 is 0 Å². The van der Waals surface area contributed by atoms with Crippen molar-refractivity contribution in [1.82, 2.24) is 0 Å². The Morgan fingerprint density at radius 3 is 2.44 bits per heavy atom. The Morgan fingerprint density at radius 1 is 1.33 bits per heavy atom. The summed E-state index contributed by atoms with van der Waals surface area (Å²) in [5.74, 6) is 0.137. The predicted molar refractivity (Wildman–Crippen MR) is 77.0 cm³/mol. The number of halogens is 2. The molecule has 1 N–H and O–H groups in total. The van der Waals surface area contributed by atoms with Crippen LogP contribution in [0.4, 0.5) is 4.39 Å². The smallest absolute Gasteiger partial charge is 0.127 e. The molecule has 2 unspecified atom stereocenters. The highest BCUT2D eigenvalue weighted by Gasteiger charge is 2.23. The van der Waals surface area contributed by atoms with E-state index in [0.29, 0.717) is 24.3 Å². The zero-order valence-electron chi connectivity index (χ0n) is 11.5. The van der Waals surface area contributed by atoms with Crippen LogP contribution in [0, 0.1) is 17.2 Å². The van der Waals surface area contributed by atoms with Crippen LogP contribution in [-0.2, 0) is 6.42 Å². The van der Waals surface area contributed by atoms with Crippen LogP contribution in [0.2, 0.25) is 0 Å². The van der Waals surface area contributed by atoms with Crippen LogP contribution < -0.4 is 0 Å². The summed E-state index contributed by atoms with van der Waals surface area (Å²) in [5, 5.41) is 10.1. The van der Waals surface area contributed by atoms with Gasteiger partial charge in [-0.25, -0.2) is 4.39 Å². The zero-order valence-corrected chi connectivity index (χ0v) is 13.1. The van der Waals surface area contributed by atoms with Gasteiger partial charge in [-0.05, 0) is 35.4 Å². The summed E-state index contributed by atoms with van der Waals surface area (Å²) >= 11 is 3.23. The van der Waals surface area contributed by atoms with Crippen molar-refractivity contribution in [3.05, 3.63) is 34.1 Å². The number of aliphatic hydroxyl groups is 1. The van der Waals surface area contributed by atoms with Crippen LogP contribution in [0.15, 0.2) is 22.7 Å². The highest BCUT2D eigenvalue weighted by Crippen LogP contribution is 2.30. The SMILES string of the molecule is CC(CC(O)Cc1ccc(Br)cc1F)C(C)(C)C. The Morgan fingerprint density at radius 2 is 1.94 bits per heavy atom. The lowest BCUT2D eigenvalue weighted by molar-refractivity contribution is 0.109. The zero-order chi connectivity index (χ0) is 13.9. The number of aliphatic hydroxyl groups excluding tert-OH is 1. The monoisotopic (exact) mass is 316 g/mol. The first kappa shape index (κ1) is 15.6. The van der Waals surface area contributed by atoms with Gasteiger partial charge in [0.15, 0.2) is 0 Å². The molecule has 0 aliphatic heterocycles. The first-order chi connectivity index (χ1) is 8.20. The van der Waals surface area contributed by atoms with Gasteiger partial charge in [-0.3, -0.25) is 0 Å². The minimum Gasteiger partial charge on any atom is -0.393 e. The Bertz CT molecular complexity index is 398. The van der Waals surface area contributed by atoms with Gasteiger partial charge in [-0.1, -0.05) is 49.7 Å². The van der Waals surface area contributed by atoms with Crippen molar-refractivity contribution in [3.8, 4) is 0 Å². The fourth-order valence-corrected chi connectivity index (χ4v) is 2.12. The molecule has 0 aliphatic carbocycles. The van der Waals surface area contributed by atoms with Crippen LogP contribution in [0.25, 0.3) is 0 Å². The summed E-state index contributed by atoms with van der Waals surface area (Å²) in [4.78, 5) is 0. The van der Waals surface area contributed by atoms with Gasteiger partial charge in [0.25, 0.3) is 0 Å². The van der Waals surface area contributed by atoms with Crippen molar-refractivity contribution in [3.63, 3.8) is 0 Å². The molecule has 1 rings (SSSR count). The van der Waals surface area contributed by atoms with E-state index in [1.54, 1.807) is 12.1 Å². The van der Waals surface area contributed by atoms with E-state index in [1.807, 2.05) is 0 Å². The summed E-state index contributed by atoms with van der Waals surface area (Å²) in [5.41, 5.74) is 0.742. The molecule has 1 aromatic carbocycles. The van der Waals surface area contributed by atoms with Crippen LogP contribution in [-0.4, -0.2) is 11.2 Å². The average molecular weight is 317 g/mol. The third-order valence-corrected chi connectivity index (χ3v) is 4.07. The maximum Gasteiger partial charge on any atom is 0.127 e. The molecule has 0 radical (unpaired) electrons. The third-order valence-electron chi connectivity index (χ3n) is 3.57. The number of rotatable bonds is 4. The van der Waals surface area contributed by atoms with Gasteiger partial charge in [0.05, 0.1) is 6.10 Å². The fourth-order valence-electron chi connectivity index (χ4n) is 1.79. The van der Waals surface area contributed by atoms with E-state index in [2.05, 4.69) is 43.6 Å². The molecule has 1 aromatic rings. The summed E-state index contributed by atoms with van der Waals surface area (Å²) in [6.07, 6.45) is 0.577.